The van der Waals surface area contributed by atoms with Gasteiger partial charge in [0.05, 0.1) is 10.5 Å². The molecule has 0 spiro atoms. The Morgan fingerprint density at radius 3 is 2.70 bits per heavy atom. The van der Waals surface area contributed by atoms with Crippen LogP contribution >= 0.6 is 11.8 Å². The van der Waals surface area contributed by atoms with Gasteiger partial charge in [0.15, 0.2) is 0 Å². The van der Waals surface area contributed by atoms with Crippen molar-refractivity contribution in [2.45, 2.75) is 19.8 Å². The Bertz CT molecular complexity index is 909. The number of non-ortho nitro benzene ring substituents is 1. The van der Waals surface area contributed by atoms with Crippen LogP contribution in [-0.4, -0.2) is 47.8 Å². The normalized spacial score (nSPS) is 18.4. The highest BCUT2D eigenvalue weighted by atomic mass is 32.2. The zero-order chi connectivity index (χ0) is 22.3. The molecule has 0 saturated heterocycles. The number of ether oxygens (including phenoxy) is 2. The Labute approximate surface area is 179 Å². The zero-order valence-electron chi connectivity index (χ0n) is 17.1. The van der Waals surface area contributed by atoms with Crippen LogP contribution in [0.5, 0.6) is 0 Å². The molecular formula is C21H24N2O6S. The van der Waals surface area contributed by atoms with Crippen molar-refractivity contribution in [3.05, 3.63) is 63.9 Å². The number of allylic oxidation sites excluding steroid dienone is 1. The minimum atomic E-state index is -0.899. The number of carbonyl (C=O) groups excluding carboxylic acids is 2. The molecule has 0 radical (unpaired) electrons. The highest BCUT2D eigenvalue weighted by Gasteiger charge is 2.42. The van der Waals surface area contributed by atoms with Crippen LogP contribution in [0.4, 0.5) is 5.69 Å². The molecule has 1 aromatic rings. The molecule has 1 aromatic carbocycles. The average Bonchev–Trinajstić information content (AvgIpc) is 2.71. The van der Waals surface area contributed by atoms with Crippen molar-refractivity contribution in [2.75, 3.05) is 25.2 Å². The van der Waals surface area contributed by atoms with E-state index in [-0.39, 0.29) is 24.5 Å². The summed E-state index contributed by atoms with van der Waals surface area (Å²) in [6, 6.07) is 5.88. The third kappa shape index (κ3) is 5.35. The van der Waals surface area contributed by atoms with Crippen molar-refractivity contribution in [1.29, 1.82) is 0 Å². The van der Waals surface area contributed by atoms with Crippen LogP contribution in [0.15, 0.2) is 53.2 Å². The van der Waals surface area contributed by atoms with Gasteiger partial charge < -0.3 is 9.47 Å². The Morgan fingerprint density at radius 2 is 2.07 bits per heavy atom. The van der Waals surface area contributed by atoms with E-state index in [1.54, 1.807) is 19.9 Å². The van der Waals surface area contributed by atoms with Gasteiger partial charge in [-0.3, -0.25) is 19.9 Å². The fourth-order valence-corrected chi connectivity index (χ4v) is 3.58. The molecule has 0 amide bonds. The lowest BCUT2D eigenvalue weighted by Gasteiger charge is -2.31. The maximum absolute atomic E-state index is 12.9. The number of rotatable bonds is 9. The monoisotopic (exact) mass is 432 g/mol. The van der Waals surface area contributed by atoms with E-state index >= 15 is 0 Å². The minimum absolute atomic E-state index is 0.0111. The SMILES string of the molecule is C=CCOC(=O)C1=C(C)N=C(C)C(C(=O)OCCSC)[C@@H]1c1cccc([N+](=O)[O-])c1. The number of hydrogen-bond donors (Lipinski definition) is 0. The van der Waals surface area contributed by atoms with Gasteiger partial charge in [-0.15, -0.1) is 0 Å². The van der Waals surface area contributed by atoms with Crippen molar-refractivity contribution in [1.82, 2.24) is 0 Å². The summed E-state index contributed by atoms with van der Waals surface area (Å²) < 4.78 is 10.6. The molecular weight excluding hydrogens is 408 g/mol. The first-order valence-corrected chi connectivity index (χ1v) is 10.6. The first kappa shape index (κ1) is 23.3. The van der Waals surface area contributed by atoms with Gasteiger partial charge >= 0.3 is 11.9 Å². The molecule has 9 heteroatoms. The summed E-state index contributed by atoms with van der Waals surface area (Å²) in [6.45, 7) is 7.06. The number of thioether (sulfide) groups is 1. The van der Waals surface area contributed by atoms with Crippen molar-refractivity contribution in [2.24, 2.45) is 10.9 Å². The number of benzene rings is 1. The van der Waals surface area contributed by atoms with Crippen LogP contribution in [0.25, 0.3) is 0 Å². The summed E-state index contributed by atoms with van der Waals surface area (Å²) in [4.78, 5) is 40.9. The van der Waals surface area contributed by atoms with Crippen LogP contribution in [0.3, 0.4) is 0 Å². The van der Waals surface area contributed by atoms with Gasteiger partial charge in [0.2, 0.25) is 0 Å². The first-order chi connectivity index (χ1) is 14.3. The molecule has 1 aliphatic heterocycles. The second-order valence-electron chi connectivity index (χ2n) is 6.61. The van der Waals surface area contributed by atoms with Crippen molar-refractivity contribution in [3.8, 4) is 0 Å². The van der Waals surface area contributed by atoms with Crippen LogP contribution in [0, 0.1) is 16.0 Å². The van der Waals surface area contributed by atoms with E-state index in [1.807, 2.05) is 6.26 Å². The molecule has 0 bridgehead atoms. The molecule has 0 fully saturated rings. The van der Waals surface area contributed by atoms with E-state index in [0.29, 0.717) is 22.7 Å². The van der Waals surface area contributed by atoms with E-state index in [1.165, 1.54) is 36.0 Å². The molecule has 30 heavy (non-hydrogen) atoms. The fourth-order valence-electron chi connectivity index (χ4n) is 3.33. The number of aliphatic imine (C=N–C) groups is 1. The van der Waals surface area contributed by atoms with E-state index in [0.717, 1.165) is 0 Å². The van der Waals surface area contributed by atoms with Crippen molar-refractivity contribution < 1.29 is 24.0 Å². The van der Waals surface area contributed by atoms with Crippen LogP contribution in [0.2, 0.25) is 0 Å². The second-order valence-corrected chi connectivity index (χ2v) is 7.59. The summed E-state index contributed by atoms with van der Waals surface area (Å²) in [7, 11) is 0. The first-order valence-electron chi connectivity index (χ1n) is 9.25. The number of nitro benzene ring substituents is 1. The molecule has 0 aliphatic carbocycles. The number of nitrogens with zero attached hydrogens (tertiary/aromatic N) is 2. The van der Waals surface area contributed by atoms with Gasteiger partial charge in [0.25, 0.3) is 5.69 Å². The smallest absolute Gasteiger partial charge is 0.336 e. The summed E-state index contributed by atoms with van der Waals surface area (Å²) in [5.74, 6) is -2.28. The minimum Gasteiger partial charge on any atom is -0.464 e. The number of nitro groups is 1. The summed E-state index contributed by atoms with van der Waals surface area (Å²) >= 11 is 1.53. The molecule has 2 rings (SSSR count). The summed E-state index contributed by atoms with van der Waals surface area (Å²) in [6.07, 6.45) is 3.33. The Hall–Kier alpha value is -2.94. The van der Waals surface area contributed by atoms with E-state index in [9.17, 15) is 19.7 Å². The summed E-state index contributed by atoms with van der Waals surface area (Å²) in [5.41, 5.74) is 1.34. The van der Waals surface area contributed by atoms with Gasteiger partial charge in [0.1, 0.15) is 19.1 Å². The van der Waals surface area contributed by atoms with Gasteiger partial charge in [0, 0.05) is 35.2 Å². The molecule has 1 aliphatic rings. The van der Waals surface area contributed by atoms with E-state index in [2.05, 4.69) is 11.6 Å². The fraction of sp³-hybridized carbons (Fsp3) is 0.381. The van der Waals surface area contributed by atoms with Crippen LogP contribution in [0.1, 0.15) is 25.3 Å². The highest BCUT2D eigenvalue weighted by molar-refractivity contribution is 7.98. The standard InChI is InChI=1S/C21H24N2O6S/c1-5-9-28-20(24)17-13(2)22-14(3)18(21(25)29-10-11-30-4)19(17)15-7-6-8-16(12-15)23(26)27/h5-8,12,18-19H,1,9-11H2,2-4H3/t18?,19-/m1/s1. The second kappa shape index (κ2) is 10.7. The third-order valence-corrected chi connectivity index (χ3v) is 5.18. The Balaban J connectivity index is 2.57. The highest BCUT2D eigenvalue weighted by Crippen LogP contribution is 2.41. The Morgan fingerprint density at radius 1 is 1.33 bits per heavy atom. The largest absolute Gasteiger partial charge is 0.464 e. The maximum atomic E-state index is 12.9. The number of carbonyl (C=O) groups is 2. The zero-order valence-corrected chi connectivity index (χ0v) is 17.9. The predicted molar refractivity (Wildman–Crippen MR) is 116 cm³/mol. The van der Waals surface area contributed by atoms with Gasteiger partial charge in [-0.1, -0.05) is 24.8 Å². The molecule has 1 heterocycles. The number of esters is 2. The van der Waals surface area contributed by atoms with E-state index in [4.69, 9.17) is 9.47 Å². The van der Waals surface area contributed by atoms with Crippen molar-refractivity contribution >= 4 is 35.1 Å². The lowest BCUT2D eigenvalue weighted by molar-refractivity contribution is -0.384. The average molecular weight is 432 g/mol. The molecule has 0 aromatic heterocycles. The molecule has 0 saturated carbocycles. The quantitative estimate of drug-likeness (QED) is 0.193. The van der Waals surface area contributed by atoms with Gasteiger partial charge in [-0.2, -0.15) is 11.8 Å². The van der Waals surface area contributed by atoms with Crippen LogP contribution in [-0.2, 0) is 19.1 Å². The van der Waals surface area contributed by atoms with Gasteiger partial charge in [-0.05, 0) is 25.7 Å². The predicted octanol–water partition coefficient (Wildman–Crippen LogP) is 3.68. The number of hydrogen-bond acceptors (Lipinski definition) is 8. The Kier molecular flexibility index (Phi) is 8.35. The lowest BCUT2D eigenvalue weighted by Crippen LogP contribution is -2.36. The van der Waals surface area contributed by atoms with Crippen LogP contribution < -0.4 is 0 Å². The van der Waals surface area contributed by atoms with Gasteiger partial charge in [-0.25, -0.2) is 4.79 Å². The van der Waals surface area contributed by atoms with E-state index < -0.39 is 28.7 Å². The molecule has 2 atom stereocenters. The molecule has 1 unspecified atom stereocenters. The third-order valence-electron chi connectivity index (χ3n) is 4.61. The van der Waals surface area contributed by atoms with Crippen molar-refractivity contribution in [3.63, 3.8) is 0 Å². The lowest BCUT2D eigenvalue weighted by atomic mass is 9.75. The molecule has 8 nitrogen and oxygen atoms in total. The maximum Gasteiger partial charge on any atom is 0.336 e. The summed E-state index contributed by atoms with van der Waals surface area (Å²) in [5, 5.41) is 11.3. The molecule has 0 N–H and O–H groups in total. The molecule has 160 valence electrons. The topological polar surface area (TPSA) is 108 Å².